The summed E-state index contributed by atoms with van der Waals surface area (Å²) in [4.78, 5) is 24.2. The molecule has 0 aliphatic carbocycles. The largest absolute Gasteiger partial charge is 0.324 e. The molecule has 0 aromatic rings. The number of aliphatic imine (C=N–C) groups is 3. The highest BCUT2D eigenvalue weighted by atomic mass is 32.2. The summed E-state index contributed by atoms with van der Waals surface area (Å²) in [5.74, 6) is 0.863. The number of thioether (sulfide) groups is 1. The Hall–Kier alpha value is -2.78. The SMILES string of the molecule is C=C/C(=C\C(=C/C)[N+](=O)[O-])NC(=NC(=C)/C(SCNC(C)(C)C)=C(\C)N=C)/N=C\CC. The van der Waals surface area contributed by atoms with Crippen molar-refractivity contribution in [3.63, 3.8) is 0 Å². The summed E-state index contributed by atoms with van der Waals surface area (Å²) < 4.78 is 0. The van der Waals surface area contributed by atoms with E-state index in [1.54, 1.807) is 13.1 Å². The molecule has 170 valence electrons. The quantitative estimate of drug-likeness (QED) is 0.113. The van der Waals surface area contributed by atoms with Gasteiger partial charge < -0.3 is 10.6 Å². The molecule has 0 atom stereocenters. The van der Waals surface area contributed by atoms with Crippen molar-refractivity contribution < 1.29 is 4.92 Å². The van der Waals surface area contributed by atoms with Gasteiger partial charge in [-0.25, -0.2) is 9.98 Å². The predicted molar refractivity (Wildman–Crippen MR) is 135 cm³/mol. The highest BCUT2D eigenvalue weighted by Crippen LogP contribution is 2.28. The van der Waals surface area contributed by atoms with E-state index in [1.807, 2.05) is 13.8 Å². The van der Waals surface area contributed by atoms with Crippen LogP contribution in [0.3, 0.4) is 0 Å². The maximum Gasteiger partial charge on any atom is 0.267 e. The first-order valence-electron chi connectivity index (χ1n) is 9.76. The van der Waals surface area contributed by atoms with Crippen LogP contribution in [-0.2, 0) is 0 Å². The van der Waals surface area contributed by atoms with Crippen molar-refractivity contribution in [2.24, 2.45) is 15.0 Å². The summed E-state index contributed by atoms with van der Waals surface area (Å²) in [7, 11) is 0. The molecule has 0 aliphatic rings. The Bertz CT molecular complexity index is 829. The molecule has 0 aromatic heterocycles. The summed E-state index contributed by atoms with van der Waals surface area (Å²) in [5, 5.41) is 17.5. The van der Waals surface area contributed by atoms with Crippen molar-refractivity contribution in [2.45, 2.75) is 53.5 Å². The number of allylic oxidation sites excluding steroid dienone is 4. The van der Waals surface area contributed by atoms with Crippen LogP contribution in [0.2, 0.25) is 0 Å². The second kappa shape index (κ2) is 14.3. The van der Waals surface area contributed by atoms with Crippen LogP contribution in [0.4, 0.5) is 0 Å². The second-order valence-corrected chi connectivity index (χ2v) is 8.28. The van der Waals surface area contributed by atoms with Gasteiger partial charge in [-0.1, -0.05) is 20.1 Å². The topological polar surface area (TPSA) is 104 Å². The molecule has 2 N–H and O–H groups in total. The van der Waals surface area contributed by atoms with Crippen LogP contribution in [0.5, 0.6) is 0 Å². The molecule has 0 fully saturated rings. The summed E-state index contributed by atoms with van der Waals surface area (Å²) in [6.07, 6.45) is 6.59. The normalized spacial score (nSPS) is 14.3. The van der Waals surface area contributed by atoms with Crippen LogP contribution in [0, 0.1) is 10.1 Å². The standard InChI is InChI=1S/C22H34N6O2S/c1-10-13-24-21(27-18(11-2)14-19(12-3)28(29)30)26-17(5)20(16(4)23-9)31-15-25-22(6,7)8/h11-14,25H,2,5,9-10,15H2,1,3-4,6-8H3,(H,26,27)/b18-14+,19-12+,20-16-,24-13-. The molecule has 31 heavy (non-hydrogen) atoms. The Labute approximate surface area is 190 Å². The molecule has 0 aromatic carbocycles. The fourth-order valence-corrected chi connectivity index (χ4v) is 3.05. The third-order valence-electron chi connectivity index (χ3n) is 3.57. The Morgan fingerprint density at radius 2 is 1.97 bits per heavy atom. The van der Waals surface area contributed by atoms with Gasteiger partial charge in [0.1, 0.15) is 0 Å². The van der Waals surface area contributed by atoms with Crippen LogP contribution in [0.15, 0.2) is 74.1 Å². The minimum absolute atomic E-state index is 0.0402. The predicted octanol–water partition coefficient (Wildman–Crippen LogP) is 5.19. The number of nitrogens with zero attached hydrogens (tertiary/aromatic N) is 4. The van der Waals surface area contributed by atoms with Crippen LogP contribution in [-0.4, -0.2) is 35.2 Å². The van der Waals surface area contributed by atoms with E-state index < -0.39 is 4.92 Å². The van der Waals surface area contributed by atoms with Gasteiger partial charge in [0.25, 0.3) is 5.70 Å². The summed E-state index contributed by atoms with van der Waals surface area (Å²) in [5.41, 5.74) is 1.41. The Kier molecular flexibility index (Phi) is 13.0. The zero-order valence-electron chi connectivity index (χ0n) is 19.4. The van der Waals surface area contributed by atoms with Crippen LogP contribution in [0.1, 0.15) is 48.0 Å². The maximum atomic E-state index is 11.1. The highest BCUT2D eigenvalue weighted by Gasteiger charge is 2.13. The Morgan fingerprint density at radius 3 is 2.42 bits per heavy atom. The first-order valence-corrected chi connectivity index (χ1v) is 10.7. The van der Waals surface area contributed by atoms with Crippen LogP contribution >= 0.6 is 11.8 Å². The smallest absolute Gasteiger partial charge is 0.267 e. The van der Waals surface area contributed by atoms with Gasteiger partial charge in [0, 0.05) is 29.4 Å². The van der Waals surface area contributed by atoms with Crippen molar-refractivity contribution in [1.29, 1.82) is 0 Å². The van der Waals surface area contributed by atoms with Crippen LogP contribution < -0.4 is 10.6 Å². The van der Waals surface area contributed by atoms with Gasteiger partial charge in [0.2, 0.25) is 5.96 Å². The van der Waals surface area contributed by atoms with Gasteiger partial charge in [-0.15, -0.1) is 11.8 Å². The molecule has 0 unspecified atom stereocenters. The van der Waals surface area contributed by atoms with Gasteiger partial charge in [-0.3, -0.25) is 15.1 Å². The lowest BCUT2D eigenvalue weighted by Crippen LogP contribution is -2.35. The van der Waals surface area contributed by atoms with Gasteiger partial charge in [-0.2, -0.15) is 0 Å². The van der Waals surface area contributed by atoms with E-state index in [-0.39, 0.29) is 17.2 Å². The van der Waals surface area contributed by atoms with Gasteiger partial charge in [-0.05, 0) is 59.9 Å². The highest BCUT2D eigenvalue weighted by molar-refractivity contribution is 8.03. The van der Waals surface area contributed by atoms with E-state index in [0.29, 0.717) is 29.4 Å². The van der Waals surface area contributed by atoms with E-state index >= 15 is 0 Å². The first-order chi connectivity index (χ1) is 14.5. The zero-order valence-corrected chi connectivity index (χ0v) is 20.2. The fraction of sp³-hybridized carbons (Fsp3) is 0.409. The van der Waals surface area contributed by atoms with Gasteiger partial charge in [0.15, 0.2) is 0 Å². The van der Waals surface area contributed by atoms with Crippen molar-refractivity contribution in [3.05, 3.63) is 69.2 Å². The lowest BCUT2D eigenvalue weighted by atomic mass is 10.1. The van der Waals surface area contributed by atoms with Crippen molar-refractivity contribution in [1.82, 2.24) is 10.6 Å². The van der Waals surface area contributed by atoms with Crippen molar-refractivity contribution in [3.8, 4) is 0 Å². The molecule has 0 spiro atoms. The molecular formula is C22H34N6O2S. The van der Waals surface area contributed by atoms with E-state index in [2.05, 4.69) is 66.3 Å². The van der Waals surface area contributed by atoms with E-state index in [0.717, 1.165) is 4.91 Å². The molecule has 0 heterocycles. The minimum atomic E-state index is -0.477. The second-order valence-electron chi connectivity index (χ2n) is 7.29. The summed E-state index contributed by atoms with van der Waals surface area (Å²) >= 11 is 1.51. The molecule has 0 amide bonds. The molecule has 0 saturated heterocycles. The number of nitrogens with one attached hydrogen (secondary N) is 2. The average Bonchev–Trinajstić information content (AvgIpc) is 2.70. The van der Waals surface area contributed by atoms with Gasteiger partial charge in [0.05, 0.1) is 21.2 Å². The number of hydrogen-bond donors (Lipinski definition) is 2. The zero-order chi connectivity index (χ0) is 24.0. The van der Waals surface area contributed by atoms with E-state index in [9.17, 15) is 10.1 Å². The Balaban J connectivity index is 5.94. The lowest BCUT2D eigenvalue weighted by molar-refractivity contribution is -0.419. The van der Waals surface area contributed by atoms with Gasteiger partial charge >= 0.3 is 0 Å². The van der Waals surface area contributed by atoms with Crippen molar-refractivity contribution in [2.75, 3.05) is 5.88 Å². The molecule has 0 aliphatic heterocycles. The lowest BCUT2D eigenvalue weighted by Gasteiger charge is -2.21. The Morgan fingerprint density at radius 1 is 1.32 bits per heavy atom. The summed E-state index contributed by atoms with van der Waals surface area (Å²) in [6, 6.07) is 0. The third-order valence-corrected chi connectivity index (χ3v) is 4.68. The number of hydrogen-bond acceptors (Lipinski definition) is 6. The average molecular weight is 447 g/mol. The molecule has 0 rings (SSSR count). The number of guanidine groups is 1. The third kappa shape index (κ3) is 11.9. The monoisotopic (exact) mass is 446 g/mol. The maximum absolute atomic E-state index is 11.1. The molecule has 8 nitrogen and oxygen atoms in total. The summed E-state index contributed by atoms with van der Waals surface area (Å²) in [6.45, 7) is 23.0. The molecule has 0 saturated carbocycles. The molecule has 9 heteroatoms. The number of rotatable bonds is 11. The van der Waals surface area contributed by atoms with E-state index in [1.165, 1.54) is 30.0 Å². The number of nitro groups is 1. The molecule has 0 bridgehead atoms. The van der Waals surface area contributed by atoms with E-state index in [4.69, 9.17) is 0 Å². The fourth-order valence-electron chi connectivity index (χ4n) is 1.91. The molecule has 0 radical (unpaired) electrons. The molecular weight excluding hydrogens is 412 g/mol. The minimum Gasteiger partial charge on any atom is -0.324 e. The van der Waals surface area contributed by atoms with Crippen molar-refractivity contribution >= 4 is 30.7 Å². The first kappa shape index (κ1) is 28.2. The van der Waals surface area contributed by atoms with Crippen LogP contribution in [0.25, 0.3) is 0 Å².